The van der Waals surface area contributed by atoms with Crippen LogP contribution in [0, 0.1) is 0 Å². The van der Waals surface area contributed by atoms with Crippen molar-refractivity contribution in [3.8, 4) is 0 Å². The Morgan fingerprint density at radius 1 is 0.881 bits per heavy atom. The Morgan fingerprint density at radius 2 is 1.43 bits per heavy atom. The number of carbonyl (C=O) groups is 3. The van der Waals surface area contributed by atoms with E-state index in [2.05, 4.69) is 10.3 Å². The van der Waals surface area contributed by atoms with E-state index in [9.17, 15) is 19.2 Å². The molecule has 1 saturated heterocycles. The van der Waals surface area contributed by atoms with Gasteiger partial charge < -0.3 is 19.5 Å². The van der Waals surface area contributed by atoms with Gasteiger partial charge in [-0.15, -0.1) is 0 Å². The molecule has 3 aromatic carbocycles. The third-order valence-corrected chi connectivity index (χ3v) is 6.67. The van der Waals surface area contributed by atoms with E-state index in [0.717, 1.165) is 11.5 Å². The first-order valence-corrected chi connectivity index (χ1v) is 13.0. The fraction of sp³-hybridized carbons (Fsp3) is 0.194. The number of nitrogens with one attached hydrogen (secondary N) is 1. The number of alkyl halides is 1. The van der Waals surface area contributed by atoms with Gasteiger partial charge in [0.2, 0.25) is 0 Å². The molecule has 1 N–H and O–H groups in total. The zero-order valence-corrected chi connectivity index (χ0v) is 22.4. The predicted octanol–water partition coefficient (Wildman–Crippen LogP) is 4.20. The van der Waals surface area contributed by atoms with Gasteiger partial charge in [0.1, 0.15) is 18.5 Å². The summed E-state index contributed by atoms with van der Waals surface area (Å²) in [6, 6.07) is 25.8. The van der Waals surface area contributed by atoms with Crippen molar-refractivity contribution in [3.63, 3.8) is 0 Å². The van der Waals surface area contributed by atoms with E-state index in [-0.39, 0.29) is 16.9 Å². The summed E-state index contributed by atoms with van der Waals surface area (Å²) in [4.78, 5) is 54.8. The van der Waals surface area contributed by atoms with Crippen molar-refractivity contribution in [3.05, 3.63) is 130 Å². The molecule has 1 amide bonds. The second-order valence-corrected chi connectivity index (χ2v) is 9.66. The molecule has 1 aliphatic rings. The number of halogens is 1. The molecule has 1 fully saturated rings. The normalized spacial score (nSPS) is 21.3. The molecule has 4 aromatic rings. The maximum Gasteiger partial charge on any atom is 0.351 e. The number of esters is 2. The number of aromatic nitrogens is 2. The summed E-state index contributed by atoms with van der Waals surface area (Å²) in [5, 5.41) is 2.52. The highest BCUT2D eigenvalue weighted by Crippen LogP contribution is 2.43. The van der Waals surface area contributed by atoms with Crippen LogP contribution in [0.4, 0.5) is 10.2 Å². The van der Waals surface area contributed by atoms with Crippen molar-refractivity contribution in [2.24, 2.45) is 0 Å². The molecule has 5 rings (SSSR count). The van der Waals surface area contributed by atoms with Gasteiger partial charge in [0, 0.05) is 11.8 Å². The van der Waals surface area contributed by atoms with E-state index in [1.807, 2.05) is 0 Å². The zero-order valence-electron chi connectivity index (χ0n) is 22.4. The smallest absolute Gasteiger partial charge is 0.351 e. The number of ether oxygens (including phenoxy) is 3. The minimum atomic E-state index is -2.46. The molecule has 0 bridgehead atoms. The van der Waals surface area contributed by atoms with Crippen LogP contribution in [0.15, 0.2) is 108 Å². The highest BCUT2D eigenvalue weighted by Gasteiger charge is 2.58. The molecule has 0 aliphatic carbocycles. The molecule has 1 aliphatic heterocycles. The number of carbonyl (C=O) groups excluding carboxylic acids is 3. The summed E-state index contributed by atoms with van der Waals surface area (Å²) in [6.45, 7) is 0.654. The average molecular weight is 572 g/mol. The van der Waals surface area contributed by atoms with Crippen LogP contribution in [0.1, 0.15) is 44.2 Å². The Kier molecular flexibility index (Phi) is 8.21. The molecule has 11 heteroatoms. The standard InChI is InChI=1S/C31H26FN3O7/c1-31(32)25(42-28(38)22-15-9-4-10-16-22)23(19-40-27(37)21-13-7-3-8-14-21)41-29(31)35-18-17-24(34-30(35)39)33-26(36)20-11-5-2-6-12-20/h2-18,23,25,29H,19H2,1H3,(H,33,34,36,39)/t23-,25+,29-,31+/m0/s1. The molecule has 4 atom stereocenters. The minimum absolute atomic E-state index is 0.0518. The lowest BCUT2D eigenvalue weighted by Gasteiger charge is -2.27. The van der Waals surface area contributed by atoms with Crippen LogP contribution in [-0.2, 0) is 14.2 Å². The summed E-state index contributed by atoms with van der Waals surface area (Å²) < 4.78 is 34.2. The van der Waals surface area contributed by atoms with E-state index < -0.39 is 54.2 Å². The van der Waals surface area contributed by atoms with Gasteiger partial charge in [-0.05, 0) is 49.4 Å². The molecule has 42 heavy (non-hydrogen) atoms. The number of hydrogen-bond donors (Lipinski definition) is 1. The predicted molar refractivity (Wildman–Crippen MR) is 149 cm³/mol. The fourth-order valence-corrected chi connectivity index (χ4v) is 4.54. The Labute approximate surface area is 239 Å². The maximum absolute atomic E-state index is 16.5. The third-order valence-electron chi connectivity index (χ3n) is 6.67. The number of benzene rings is 3. The first-order chi connectivity index (χ1) is 20.2. The number of rotatable bonds is 8. The molecule has 214 valence electrons. The topological polar surface area (TPSA) is 126 Å². The van der Waals surface area contributed by atoms with Gasteiger partial charge in [-0.2, -0.15) is 4.98 Å². The van der Waals surface area contributed by atoms with Crippen LogP contribution < -0.4 is 11.0 Å². The van der Waals surface area contributed by atoms with E-state index >= 15 is 4.39 Å². The lowest BCUT2D eigenvalue weighted by atomic mass is 9.98. The third kappa shape index (κ3) is 6.11. The summed E-state index contributed by atoms with van der Waals surface area (Å²) in [6.07, 6.45) is -3.23. The van der Waals surface area contributed by atoms with Crippen molar-refractivity contribution in [1.29, 1.82) is 0 Å². The van der Waals surface area contributed by atoms with Gasteiger partial charge in [-0.1, -0.05) is 54.6 Å². The van der Waals surface area contributed by atoms with Crippen molar-refractivity contribution in [2.45, 2.75) is 31.0 Å². The lowest BCUT2D eigenvalue weighted by Crippen LogP contribution is -2.45. The molecule has 0 spiro atoms. The Balaban J connectivity index is 1.39. The van der Waals surface area contributed by atoms with E-state index in [0.29, 0.717) is 5.56 Å². The Morgan fingerprint density at radius 3 is 2.00 bits per heavy atom. The molecule has 0 saturated carbocycles. The minimum Gasteiger partial charge on any atom is -0.459 e. The second-order valence-electron chi connectivity index (χ2n) is 9.66. The largest absolute Gasteiger partial charge is 0.459 e. The highest BCUT2D eigenvalue weighted by atomic mass is 19.1. The van der Waals surface area contributed by atoms with Crippen LogP contribution in [0.25, 0.3) is 0 Å². The van der Waals surface area contributed by atoms with E-state index in [4.69, 9.17) is 14.2 Å². The first-order valence-electron chi connectivity index (χ1n) is 13.0. The quantitative estimate of drug-likeness (QED) is 0.312. The number of amides is 1. The summed E-state index contributed by atoms with van der Waals surface area (Å²) in [7, 11) is 0. The van der Waals surface area contributed by atoms with Crippen molar-refractivity contribution in [2.75, 3.05) is 11.9 Å². The van der Waals surface area contributed by atoms with Gasteiger partial charge in [0.05, 0.1) is 11.1 Å². The van der Waals surface area contributed by atoms with Gasteiger partial charge in [-0.25, -0.2) is 18.8 Å². The number of nitrogens with zero attached hydrogens (tertiary/aromatic N) is 2. The van der Waals surface area contributed by atoms with Gasteiger partial charge >= 0.3 is 17.6 Å². The maximum atomic E-state index is 16.5. The van der Waals surface area contributed by atoms with Crippen LogP contribution in [-0.4, -0.2) is 51.9 Å². The highest BCUT2D eigenvalue weighted by molar-refractivity contribution is 6.03. The van der Waals surface area contributed by atoms with Crippen molar-refractivity contribution in [1.82, 2.24) is 9.55 Å². The summed E-state index contributed by atoms with van der Waals surface area (Å²) in [5.74, 6) is -2.05. The summed E-state index contributed by atoms with van der Waals surface area (Å²) in [5.41, 5.74) is -2.59. The van der Waals surface area contributed by atoms with Gasteiger partial charge in [-0.3, -0.25) is 9.36 Å². The Hall–Kier alpha value is -5.16. The molecular weight excluding hydrogens is 545 g/mol. The zero-order chi connectivity index (χ0) is 29.7. The van der Waals surface area contributed by atoms with Crippen LogP contribution >= 0.6 is 0 Å². The van der Waals surface area contributed by atoms with E-state index in [1.54, 1.807) is 78.9 Å². The Bertz CT molecular complexity index is 1630. The van der Waals surface area contributed by atoms with Crippen molar-refractivity contribution < 1.29 is 33.0 Å². The molecule has 0 radical (unpaired) electrons. The SMILES string of the molecule is C[C@@]1(F)[C@H](OC(=O)c2ccccc2)[C@H](COC(=O)c2ccccc2)O[C@@H]1n1ccc(NC(=O)c2ccccc2)nc1=O. The lowest BCUT2D eigenvalue weighted by molar-refractivity contribution is -0.0648. The molecular formula is C31H26FN3O7. The van der Waals surface area contributed by atoms with Crippen LogP contribution in [0.3, 0.4) is 0 Å². The molecule has 0 unspecified atom stereocenters. The fourth-order valence-electron chi connectivity index (χ4n) is 4.54. The molecule has 2 heterocycles. The second kappa shape index (κ2) is 12.1. The van der Waals surface area contributed by atoms with Crippen molar-refractivity contribution >= 4 is 23.7 Å². The van der Waals surface area contributed by atoms with Crippen LogP contribution in [0.2, 0.25) is 0 Å². The van der Waals surface area contributed by atoms with Gasteiger partial charge in [0.15, 0.2) is 18.0 Å². The van der Waals surface area contributed by atoms with Crippen LogP contribution in [0.5, 0.6) is 0 Å². The average Bonchev–Trinajstić information content (AvgIpc) is 3.25. The molecule has 1 aromatic heterocycles. The number of anilines is 1. The monoisotopic (exact) mass is 571 g/mol. The molecule has 10 nitrogen and oxygen atoms in total. The van der Waals surface area contributed by atoms with Gasteiger partial charge in [0.25, 0.3) is 5.91 Å². The first kappa shape index (κ1) is 28.4. The number of hydrogen-bond acceptors (Lipinski definition) is 8. The summed E-state index contributed by atoms with van der Waals surface area (Å²) >= 11 is 0. The van der Waals surface area contributed by atoms with E-state index in [1.165, 1.54) is 24.4 Å².